The molecule has 0 bridgehead atoms. The van der Waals surface area contributed by atoms with E-state index in [1.54, 1.807) is 25.3 Å². The Bertz CT molecular complexity index is 455. The van der Waals surface area contributed by atoms with Crippen LogP contribution in [0, 0.1) is 5.41 Å². The van der Waals surface area contributed by atoms with Crippen molar-refractivity contribution >= 4 is 11.6 Å². The number of carbonyl (C=O) groups excluding carboxylic acids is 1. The number of hydrogen-bond donors (Lipinski definition) is 2. The molecule has 0 aliphatic heterocycles. The first kappa shape index (κ1) is 11.8. The fourth-order valence-corrected chi connectivity index (χ4v) is 1.82. The van der Waals surface area contributed by atoms with Crippen molar-refractivity contribution in [3.63, 3.8) is 0 Å². The summed E-state index contributed by atoms with van der Waals surface area (Å²) in [5.74, 6) is 0.548. The highest BCUT2D eigenvalue weighted by Gasteiger charge is 2.46. The number of benzene rings is 1. The van der Waals surface area contributed by atoms with E-state index in [4.69, 9.17) is 10.5 Å². The molecular weight excluding hydrogens is 216 g/mol. The van der Waals surface area contributed by atoms with Crippen LogP contribution in [0.3, 0.4) is 0 Å². The molecule has 1 aliphatic rings. The molecule has 3 N–H and O–H groups in total. The molecule has 4 heteroatoms. The third-order valence-electron chi connectivity index (χ3n) is 3.32. The van der Waals surface area contributed by atoms with Gasteiger partial charge in [0.05, 0.1) is 12.7 Å². The first-order chi connectivity index (χ1) is 7.94. The summed E-state index contributed by atoms with van der Waals surface area (Å²) >= 11 is 0. The average Bonchev–Trinajstić information content (AvgIpc) is 2.85. The molecule has 1 saturated carbocycles. The lowest BCUT2D eigenvalue weighted by Crippen LogP contribution is -2.28. The van der Waals surface area contributed by atoms with Crippen molar-refractivity contribution in [1.29, 1.82) is 0 Å². The normalized spacial score (nSPS) is 20.8. The van der Waals surface area contributed by atoms with Crippen LogP contribution in [0.2, 0.25) is 0 Å². The number of amides is 1. The molecular formula is C13H18N2O2. The van der Waals surface area contributed by atoms with E-state index in [-0.39, 0.29) is 17.4 Å². The molecule has 0 spiro atoms. The quantitative estimate of drug-likeness (QED) is 0.784. The van der Waals surface area contributed by atoms with Gasteiger partial charge in [-0.2, -0.15) is 0 Å². The van der Waals surface area contributed by atoms with E-state index in [1.165, 1.54) is 0 Å². The van der Waals surface area contributed by atoms with Crippen molar-refractivity contribution in [2.24, 2.45) is 5.41 Å². The predicted octanol–water partition coefficient (Wildman–Crippen LogP) is 1.81. The minimum absolute atomic E-state index is 0.110. The summed E-state index contributed by atoms with van der Waals surface area (Å²) in [7, 11) is 1.57. The molecule has 1 aliphatic carbocycles. The second-order valence-electron chi connectivity index (χ2n) is 5.17. The number of methoxy groups -OCH3 is 1. The zero-order chi connectivity index (χ0) is 12.6. The summed E-state index contributed by atoms with van der Waals surface area (Å²) in [6, 6.07) is 5.35. The highest BCUT2D eigenvalue weighted by molar-refractivity contribution is 5.99. The summed E-state index contributed by atoms with van der Waals surface area (Å²) in [6.07, 6.45) is 1.02. The molecule has 1 aromatic carbocycles. The van der Waals surface area contributed by atoms with E-state index in [2.05, 4.69) is 19.2 Å². The van der Waals surface area contributed by atoms with Gasteiger partial charge in [0.2, 0.25) is 0 Å². The molecule has 2 rings (SSSR count). The van der Waals surface area contributed by atoms with E-state index in [0.29, 0.717) is 17.0 Å². The summed E-state index contributed by atoms with van der Waals surface area (Å²) in [4.78, 5) is 12.0. The van der Waals surface area contributed by atoms with Crippen molar-refractivity contribution in [2.45, 2.75) is 26.3 Å². The SMILES string of the molecule is COc1ccc(C(=O)NC2CC2(C)C)c(N)c1. The number of anilines is 1. The van der Waals surface area contributed by atoms with E-state index >= 15 is 0 Å². The zero-order valence-electron chi connectivity index (χ0n) is 10.4. The number of rotatable bonds is 3. The summed E-state index contributed by atoms with van der Waals surface area (Å²) in [5, 5.41) is 2.98. The van der Waals surface area contributed by atoms with Gasteiger partial charge >= 0.3 is 0 Å². The largest absolute Gasteiger partial charge is 0.497 e. The van der Waals surface area contributed by atoms with Crippen LogP contribution < -0.4 is 15.8 Å². The maximum Gasteiger partial charge on any atom is 0.253 e. The average molecular weight is 234 g/mol. The van der Waals surface area contributed by atoms with Gasteiger partial charge in [-0.15, -0.1) is 0 Å². The highest BCUT2D eigenvalue weighted by atomic mass is 16.5. The monoisotopic (exact) mass is 234 g/mol. The molecule has 1 aromatic rings. The number of nitrogens with one attached hydrogen (secondary N) is 1. The fraction of sp³-hybridized carbons (Fsp3) is 0.462. The predicted molar refractivity (Wildman–Crippen MR) is 67.1 cm³/mol. The van der Waals surface area contributed by atoms with Crippen LogP contribution >= 0.6 is 0 Å². The second-order valence-corrected chi connectivity index (χ2v) is 5.17. The van der Waals surface area contributed by atoms with Gasteiger partial charge in [0.15, 0.2) is 0 Å². The van der Waals surface area contributed by atoms with Crippen LogP contribution in [0.4, 0.5) is 5.69 Å². The molecule has 1 fully saturated rings. The van der Waals surface area contributed by atoms with Crippen LogP contribution in [0.1, 0.15) is 30.6 Å². The molecule has 1 amide bonds. The van der Waals surface area contributed by atoms with Gasteiger partial charge in [-0.3, -0.25) is 4.79 Å². The van der Waals surface area contributed by atoms with Gasteiger partial charge in [0.25, 0.3) is 5.91 Å². The number of hydrogen-bond acceptors (Lipinski definition) is 3. The molecule has 0 saturated heterocycles. The van der Waals surface area contributed by atoms with Gasteiger partial charge in [-0.1, -0.05) is 13.8 Å². The number of carbonyl (C=O) groups is 1. The Kier molecular flexibility index (Phi) is 2.73. The number of nitrogen functional groups attached to an aromatic ring is 1. The second kappa shape index (κ2) is 3.95. The molecule has 0 heterocycles. The summed E-state index contributed by atoms with van der Waals surface area (Å²) in [5.41, 5.74) is 6.99. The van der Waals surface area contributed by atoms with Crippen molar-refractivity contribution in [3.05, 3.63) is 23.8 Å². The Hall–Kier alpha value is -1.71. The first-order valence-electron chi connectivity index (χ1n) is 5.68. The van der Waals surface area contributed by atoms with Crippen LogP contribution in [-0.4, -0.2) is 19.1 Å². The van der Waals surface area contributed by atoms with Gasteiger partial charge in [-0.05, 0) is 24.0 Å². The Labute approximate surface area is 101 Å². The van der Waals surface area contributed by atoms with Crippen molar-refractivity contribution in [1.82, 2.24) is 5.32 Å². The van der Waals surface area contributed by atoms with Crippen LogP contribution in [0.15, 0.2) is 18.2 Å². The molecule has 1 unspecified atom stereocenters. The molecule has 17 heavy (non-hydrogen) atoms. The highest BCUT2D eigenvalue weighted by Crippen LogP contribution is 2.44. The Morgan fingerprint density at radius 3 is 2.65 bits per heavy atom. The van der Waals surface area contributed by atoms with Gasteiger partial charge in [-0.25, -0.2) is 0 Å². The zero-order valence-corrected chi connectivity index (χ0v) is 10.4. The minimum Gasteiger partial charge on any atom is -0.497 e. The Balaban J connectivity index is 2.09. The van der Waals surface area contributed by atoms with E-state index in [9.17, 15) is 4.79 Å². The van der Waals surface area contributed by atoms with E-state index < -0.39 is 0 Å². The molecule has 1 atom stereocenters. The van der Waals surface area contributed by atoms with Crippen molar-refractivity contribution in [2.75, 3.05) is 12.8 Å². The molecule has 0 radical (unpaired) electrons. The lowest BCUT2D eigenvalue weighted by molar-refractivity contribution is 0.0947. The topological polar surface area (TPSA) is 64.3 Å². The van der Waals surface area contributed by atoms with Crippen molar-refractivity contribution < 1.29 is 9.53 Å². The molecule has 92 valence electrons. The van der Waals surface area contributed by atoms with E-state index in [1.807, 2.05) is 0 Å². The summed E-state index contributed by atoms with van der Waals surface area (Å²) < 4.78 is 5.04. The van der Waals surface area contributed by atoms with Crippen LogP contribution in [-0.2, 0) is 0 Å². The number of ether oxygens (including phenoxy) is 1. The van der Waals surface area contributed by atoms with Crippen molar-refractivity contribution in [3.8, 4) is 5.75 Å². The first-order valence-corrected chi connectivity index (χ1v) is 5.68. The van der Waals surface area contributed by atoms with E-state index in [0.717, 1.165) is 6.42 Å². The smallest absolute Gasteiger partial charge is 0.253 e. The third kappa shape index (κ3) is 2.35. The molecule has 0 aromatic heterocycles. The Morgan fingerprint density at radius 2 is 2.18 bits per heavy atom. The Morgan fingerprint density at radius 1 is 1.53 bits per heavy atom. The lowest BCUT2D eigenvalue weighted by Gasteiger charge is -2.10. The van der Waals surface area contributed by atoms with Gasteiger partial charge in [0, 0.05) is 17.8 Å². The number of nitrogens with two attached hydrogens (primary N) is 1. The minimum atomic E-state index is -0.110. The van der Waals surface area contributed by atoms with Gasteiger partial charge in [0.1, 0.15) is 5.75 Å². The standard InChI is InChI=1S/C13H18N2O2/c1-13(2)7-11(13)15-12(16)9-5-4-8(17-3)6-10(9)14/h4-6,11H,7,14H2,1-3H3,(H,15,16). The fourth-order valence-electron chi connectivity index (χ4n) is 1.82. The maximum atomic E-state index is 12.0. The molecule has 4 nitrogen and oxygen atoms in total. The third-order valence-corrected chi connectivity index (χ3v) is 3.32. The van der Waals surface area contributed by atoms with Gasteiger partial charge < -0.3 is 15.8 Å². The maximum absolute atomic E-state index is 12.0. The summed E-state index contributed by atoms with van der Waals surface area (Å²) in [6.45, 7) is 4.27. The van der Waals surface area contributed by atoms with Crippen LogP contribution in [0.25, 0.3) is 0 Å². The van der Waals surface area contributed by atoms with Crippen LogP contribution in [0.5, 0.6) is 5.75 Å². The lowest BCUT2D eigenvalue weighted by atomic mass is 10.1.